The molecular formula is C14H23N3O3S. The molecule has 7 heteroatoms. The molecule has 0 spiro atoms. The summed E-state index contributed by atoms with van der Waals surface area (Å²) in [6, 6.07) is 6.54. The van der Waals surface area contributed by atoms with Gasteiger partial charge in [0.25, 0.3) is 0 Å². The van der Waals surface area contributed by atoms with Gasteiger partial charge in [-0.25, -0.2) is 8.42 Å². The second-order valence-electron chi connectivity index (χ2n) is 4.79. The number of hydrogen-bond acceptors (Lipinski definition) is 4. The van der Waals surface area contributed by atoms with E-state index in [2.05, 4.69) is 10.0 Å². The Balaban J connectivity index is 2.68. The number of carbonyl (C=O) groups is 1. The van der Waals surface area contributed by atoms with Gasteiger partial charge < -0.3 is 11.1 Å². The van der Waals surface area contributed by atoms with Crippen molar-refractivity contribution in [2.75, 3.05) is 22.3 Å². The van der Waals surface area contributed by atoms with Gasteiger partial charge in [-0.3, -0.25) is 9.52 Å². The highest BCUT2D eigenvalue weighted by atomic mass is 32.2. The number of rotatable bonds is 8. The van der Waals surface area contributed by atoms with Crippen LogP contribution in [0.1, 0.15) is 26.7 Å². The van der Waals surface area contributed by atoms with Gasteiger partial charge >= 0.3 is 0 Å². The van der Waals surface area contributed by atoms with Crippen molar-refractivity contribution in [3.05, 3.63) is 24.3 Å². The van der Waals surface area contributed by atoms with Gasteiger partial charge in [-0.2, -0.15) is 0 Å². The molecule has 4 N–H and O–H groups in total. The predicted molar refractivity (Wildman–Crippen MR) is 85.6 cm³/mol. The van der Waals surface area contributed by atoms with Gasteiger partial charge in [0.2, 0.25) is 15.9 Å². The predicted octanol–water partition coefficient (Wildman–Crippen LogP) is 1.76. The molecule has 1 unspecified atom stereocenters. The summed E-state index contributed by atoms with van der Waals surface area (Å²) in [5, 5.41) is 2.79. The highest BCUT2D eigenvalue weighted by molar-refractivity contribution is 7.92. The topological polar surface area (TPSA) is 101 Å². The molecule has 118 valence electrons. The first-order valence-electron chi connectivity index (χ1n) is 7.03. The molecule has 0 aliphatic heterocycles. The number of nitrogens with two attached hydrogens (primary N) is 1. The van der Waals surface area contributed by atoms with Gasteiger partial charge in [0.05, 0.1) is 11.7 Å². The van der Waals surface area contributed by atoms with Crippen molar-refractivity contribution in [2.45, 2.75) is 26.7 Å². The highest BCUT2D eigenvalue weighted by Gasteiger charge is 2.15. The zero-order valence-corrected chi connectivity index (χ0v) is 13.2. The molecule has 6 nitrogen and oxygen atoms in total. The Morgan fingerprint density at radius 2 is 1.76 bits per heavy atom. The van der Waals surface area contributed by atoms with E-state index in [0.717, 1.165) is 12.8 Å². The fraction of sp³-hybridized carbons (Fsp3) is 0.500. The largest absolute Gasteiger partial charge is 0.330 e. The van der Waals surface area contributed by atoms with E-state index in [-0.39, 0.29) is 17.6 Å². The molecule has 0 saturated heterocycles. The van der Waals surface area contributed by atoms with Crippen LogP contribution in [-0.2, 0) is 14.8 Å². The van der Waals surface area contributed by atoms with Crippen LogP contribution in [0.5, 0.6) is 0 Å². The zero-order valence-electron chi connectivity index (χ0n) is 12.4. The number of anilines is 2. The van der Waals surface area contributed by atoms with E-state index < -0.39 is 10.0 Å². The van der Waals surface area contributed by atoms with E-state index >= 15 is 0 Å². The number of nitrogens with one attached hydrogen (secondary N) is 2. The molecule has 0 fully saturated rings. The third-order valence-corrected chi connectivity index (χ3v) is 4.41. The second-order valence-corrected chi connectivity index (χ2v) is 6.80. The lowest BCUT2D eigenvalue weighted by Gasteiger charge is -2.14. The normalized spacial score (nSPS) is 12.7. The Morgan fingerprint density at radius 1 is 1.19 bits per heavy atom. The van der Waals surface area contributed by atoms with Crippen molar-refractivity contribution in [1.29, 1.82) is 0 Å². The summed E-state index contributed by atoms with van der Waals surface area (Å²) in [6.45, 7) is 3.89. The molecule has 1 aromatic rings. The summed E-state index contributed by atoms with van der Waals surface area (Å²) in [5.74, 6) is -0.296. The lowest BCUT2D eigenvalue weighted by molar-refractivity contribution is -0.119. The van der Waals surface area contributed by atoms with Crippen LogP contribution < -0.4 is 15.8 Å². The fourth-order valence-electron chi connectivity index (χ4n) is 1.82. The van der Waals surface area contributed by atoms with Crippen LogP contribution in [0.2, 0.25) is 0 Å². The Hall–Kier alpha value is -1.60. The van der Waals surface area contributed by atoms with Crippen molar-refractivity contribution >= 4 is 27.3 Å². The van der Waals surface area contributed by atoms with E-state index in [1.807, 2.05) is 6.92 Å². The van der Waals surface area contributed by atoms with E-state index in [0.29, 0.717) is 17.9 Å². The maximum absolute atomic E-state index is 12.0. The number of benzene rings is 1. The zero-order chi connectivity index (χ0) is 15.9. The molecule has 1 rings (SSSR count). The molecule has 21 heavy (non-hydrogen) atoms. The highest BCUT2D eigenvalue weighted by Crippen LogP contribution is 2.16. The first kappa shape index (κ1) is 17.5. The van der Waals surface area contributed by atoms with Crippen molar-refractivity contribution in [3.8, 4) is 0 Å². The number of amides is 1. The standard InChI is InChI=1S/C14H23N3O3S/c1-3-5-11(10-15)14(18)16-12-6-8-13(9-7-12)17-21(19,20)4-2/h6-9,11,17H,3-5,10,15H2,1-2H3,(H,16,18). The molecule has 0 radical (unpaired) electrons. The van der Waals surface area contributed by atoms with Crippen LogP contribution in [-0.4, -0.2) is 26.6 Å². The quantitative estimate of drug-likeness (QED) is 0.680. The lowest BCUT2D eigenvalue weighted by atomic mass is 10.0. The minimum atomic E-state index is -3.29. The fourth-order valence-corrected chi connectivity index (χ4v) is 2.46. The van der Waals surface area contributed by atoms with Crippen molar-refractivity contribution in [2.24, 2.45) is 11.7 Å². The first-order valence-corrected chi connectivity index (χ1v) is 8.68. The maximum atomic E-state index is 12.0. The molecule has 0 saturated carbocycles. The molecule has 1 aromatic carbocycles. The molecule has 0 heterocycles. The van der Waals surface area contributed by atoms with Crippen LogP contribution in [0.25, 0.3) is 0 Å². The monoisotopic (exact) mass is 313 g/mol. The Morgan fingerprint density at radius 3 is 2.24 bits per heavy atom. The third kappa shape index (κ3) is 5.73. The first-order chi connectivity index (χ1) is 9.91. The van der Waals surface area contributed by atoms with E-state index in [1.54, 1.807) is 31.2 Å². The SMILES string of the molecule is CCCC(CN)C(=O)Nc1ccc(NS(=O)(=O)CC)cc1. The van der Waals surface area contributed by atoms with E-state index in [1.165, 1.54) is 0 Å². The molecule has 0 aromatic heterocycles. The molecule has 1 amide bonds. The minimum Gasteiger partial charge on any atom is -0.330 e. The molecule has 1 atom stereocenters. The van der Waals surface area contributed by atoms with E-state index in [9.17, 15) is 13.2 Å². The summed E-state index contributed by atoms with van der Waals surface area (Å²) in [5.41, 5.74) is 6.68. The van der Waals surface area contributed by atoms with Gasteiger partial charge in [-0.15, -0.1) is 0 Å². The average Bonchev–Trinajstić information content (AvgIpc) is 2.46. The van der Waals surface area contributed by atoms with Gasteiger partial charge in [0.1, 0.15) is 0 Å². The summed E-state index contributed by atoms with van der Waals surface area (Å²) in [7, 11) is -3.29. The van der Waals surface area contributed by atoms with Gasteiger partial charge in [-0.1, -0.05) is 13.3 Å². The summed E-state index contributed by atoms with van der Waals surface area (Å²) < 4.78 is 25.3. The van der Waals surface area contributed by atoms with Gasteiger partial charge in [-0.05, 0) is 37.6 Å². The molecular weight excluding hydrogens is 290 g/mol. The van der Waals surface area contributed by atoms with Crippen molar-refractivity contribution < 1.29 is 13.2 Å². The molecule has 0 bridgehead atoms. The Kier molecular flexibility index (Phi) is 6.64. The van der Waals surface area contributed by atoms with Crippen LogP contribution in [0.15, 0.2) is 24.3 Å². The second kappa shape index (κ2) is 7.99. The smallest absolute Gasteiger partial charge is 0.232 e. The number of carbonyl (C=O) groups excluding carboxylic acids is 1. The third-order valence-electron chi connectivity index (χ3n) is 3.10. The van der Waals surface area contributed by atoms with Gasteiger partial charge in [0.15, 0.2) is 0 Å². The Bertz CT molecular complexity index is 555. The number of hydrogen-bond donors (Lipinski definition) is 3. The summed E-state index contributed by atoms with van der Waals surface area (Å²) in [4.78, 5) is 12.0. The van der Waals surface area contributed by atoms with Gasteiger partial charge in [0, 0.05) is 17.9 Å². The van der Waals surface area contributed by atoms with Crippen LogP contribution >= 0.6 is 0 Å². The van der Waals surface area contributed by atoms with Crippen molar-refractivity contribution in [1.82, 2.24) is 0 Å². The van der Waals surface area contributed by atoms with Crippen molar-refractivity contribution in [3.63, 3.8) is 0 Å². The van der Waals surface area contributed by atoms with Crippen LogP contribution in [0, 0.1) is 5.92 Å². The summed E-state index contributed by atoms with van der Waals surface area (Å²) >= 11 is 0. The van der Waals surface area contributed by atoms with E-state index in [4.69, 9.17) is 5.73 Å². The minimum absolute atomic E-state index is 0.0146. The maximum Gasteiger partial charge on any atom is 0.232 e. The molecule has 0 aliphatic rings. The summed E-state index contributed by atoms with van der Waals surface area (Å²) in [6.07, 6.45) is 1.64. The molecule has 0 aliphatic carbocycles. The average molecular weight is 313 g/mol. The lowest BCUT2D eigenvalue weighted by Crippen LogP contribution is -2.29. The number of sulfonamides is 1. The van der Waals surface area contributed by atoms with Crippen LogP contribution in [0.4, 0.5) is 11.4 Å². The van der Waals surface area contributed by atoms with Crippen LogP contribution in [0.3, 0.4) is 0 Å². The Labute approximate surface area is 126 Å².